The van der Waals surface area contributed by atoms with Gasteiger partial charge in [0, 0.05) is 12.1 Å². The predicted octanol–water partition coefficient (Wildman–Crippen LogP) is 3.10. The van der Waals surface area contributed by atoms with Gasteiger partial charge in [-0.1, -0.05) is 31.5 Å². The molecule has 22 heavy (non-hydrogen) atoms. The lowest BCUT2D eigenvalue weighted by Crippen LogP contribution is -2.44. The molecule has 2 aliphatic rings. The van der Waals surface area contributed by atoms with Crippen LogP contribution in [0.1, 0.15) is 64.2 Å². The van der Waals surface area contributed by atoms with Gasteiger partial charge in [-0.05, 0) is 45.4 Å². The maximum Gasteiger partial charge on any atom is 0.233 e. The number of hydrogen-bond donors (Lipinski definition) is 1. The van der Waals surface area contributed by atoms with Gasteiger partial charge in [-0.25, -0.2) is 0 Å². The summed E-state index contributed by atoms with van der Waals surface area (Å²) in [6, 6.07) is 0.887. The molecular formula is C16H26N4OS. The number of rotatable bonds is 5. The fourth-order valence-electron chi connectivity index (χ4n) is 3.23. The summed E-state index contributed by atoms with van der Waals surface area (Å²) in [6.07, 6.45) is 7.26. The van der Waals surface area contributed by atoms with E-state index in [4.69, 9.17) is 0 Å². The summed E-state index contributed by atoms with van der Waals surface area (Å²) in [5.41, 5.74) is 0. The molecule has 0 saturated heterocycles. The number of nitrogens with zero attached hydrogens (tertiary/aromatic N) is 3. The van der Waals surface area contributed by atoms with E-state index in [9.17, 15) is 4.79 Å². The van der Waals surface area contributed by atoms with Crippen LogP contribution in [0.4, 0.5) is 0 Å². The van der Waals surface area contributed by atoms with Crippen LogP contribution in [0.15, 0.2) is 5.16 Å². The summed E-state index contributed by atoms with van der Waals surface area (Å²) in [7, 11) is 0. The number of aromatic nitrogens is 3. The first kappa shape index (κ1) is 15.8. The van der Waals surface area contributed by atoms with E-state index >= 15 is 0 Å². The Hall–Kier alpha value is -1.04. The molecule has 2 aliphatic carbocycles. The second-order valence-corrected chi connectivity index (χ2v) is 8.08. The highest BCUT2D eigenvalue weighted by Gasteiger charge is 2.30. The van der Waals surface area contributed by atoms with Crippen LogP contribution >= 0.6 is 11.8 Å². The number of amides is 1. The topological polar surface area (TPSA) is 59.8 Å². The standard InChI is InChI=1S/C16H26N4OS/c1-10-6-4-5-7-14(10)17-15(21)11(2)22-16-19-18-12(3)20(16)13-8-9-13/h10-11,13-14H,4-9H2,1-3H3,(H,17,21)/t10-,11+,14+/m0/s1. The fraction of sp³-hybridized carbons (Fsp3) is 0.812. The molecule has 3 rings (SSSR count). The monoisotopic (exact) mass is 322 g/mol. The van der Waals surface area contributed by atoms with Gasteiger partial charge in [0.25, 0.3) is 0 Å². The molecule has 1 amide bonds. The van der Waals surface area contributed by atoms with Crippen LogP contribution < -0.4 is 5.32 Å². The Bertz CT molecular complexity index is 540. The molecule has 0 unspecified atom stereocenters. The van der Waals surface area contributed by atoms with Gasteiger partial charge in [0.2, 0.25) is 5.91 Å². The molecule has 122 valence electrons. The first-order valence-electron chi connectivity index (χ1n) is 8.44. The molecule has 0 radical (unpaired) electrons. The van der Waals surface area contributed by atoms with Crippen LogP contribution in [0, 0.1) is 12.8 Å². The summed E-state index contributed by atoms with van der Waals surface area (Å²) >= 11 is 1.53. The van der Waals surface area contributed by atoms with E-state index in [2.05, 4.69) is 27.0 Å². The van der Waals surface area contributed by atoms with Gasteiger partial charge in [-0.3, -0.25) is 4.79 Å². The molecule has 1 aromatic rings. The minimum absolute atomic E-state index is 0.129. The van der Waals surface area contributed by atoms with Gasteiger partial charge in [0.05, 0.1) is 5.25 Å². The minimum Gasteiger partial charge on any atom is -0.352 e. The van der Waals surface area contributed by atoms with Gasteiger partial charge in [-0.15, -0.1) is 10.2 Å². The van der Waals surface area contributed by atoms with E-state index in [1.165, 1.54) is 43.9 Å². The average Bonchev–Trinajstić information content (AvgIpc) is 3.26. The quantitative estimate of drug-likeness (QED) is 0.846. The highest BCUT2D eigenvalue weighted by molar-refractivity contribution is 8.00. The highest BCUT2D eigenvalue weighted by atomic mass is 32.2. The van der Waals surface area contributed by atoms with Crippen LogP contribution in [0.2, 0.25) is 0 Å². The number of carbonyl (C=O) groups is 1. The first-order chi connectivity index (χ1) is 10.6. The summed E-state index contributed by atoms with van der Waals surface area (Å²) in [5, 5.41) is 12.4. The van der Waals surface area contributed by atoms with Crippen LogP contribution in [0.3, 0.4) is 0 Å². The Labute approximate surface area is 136 Å². The van der Waals surface area contributed by atoms with E-state index in [-0.39, 0.29) is 11.2 Å². The third-order valence-corrected chi connectivity index (χ3v) is 5.89. The maximum atomic E-state index is 12.5. The first-order valence-corrected chi connectivity index (χ1v) is 9.32. The Morgan fingerprint density at radius 1 is 1.27 bits per heavy atom. The van der Waals surface area contributed by atoms with Crippen molar-refractivity contribution in [3.63, 3.8) is 0 Å². The summed E-state index contributed by atoms with van der Waals surface area (Å²) in [4.78, 5) is 12.5. The molecule has 1 aromatic heterocycles. The molecule has 0 spiro atoms. The average molecular weight is 322 g/mol. The number of aryl methyl sites for hydroxylation is 1. The zero-order valence-corrected chi connectivity index (χ0v) is 14.5. The lowest BCUT2D eigenvalue weighted by atomic mass is 9.86. The predicted molar refractivity (Wildman–Crippen MR) is 87.9 cm³/mol. The SMILES string of the molecule is Cc1nnc(S[C@H](C)C(=O)N[C@@H]2CCCC[C@@H]2C)n1C1CC1. The number of thioether (sulfide) groups is 1. The number of nitrogens with one attached hydrogen (secondary N) is 1. The molecule has 0 bridgehead atoms. The van der Waals surface area contributed by atoms with Crippen molar-refractivity contribution in [3.05, 3.63) is 5.82 Å². The molecule has 0 aromatic carbocycles. The van der Waals surface area contributed by atoms with E-state index in [1.807, 2.05) is 13.8 Å². The molecule has 5 nitrogen and oxygen atoms in total. The molecule has 2 saturated carbocycles. The van der Waals surface area contributed by atoms with Gasteiger partial charge in [0.15, 0.2) is 5.16 Å². The third kappa shape index (κ3) is 3.47. The summed E-state index contributed by atoms with van der Waals surface area (Å²) < 4.78 is 2.19. The lowest BCUT2D eigenvalue weighted by Gasteiger charge is -2.30. The van der Waals surface area contributed by atoms with Crippen molar-refractivity contribution in [2.24, 2.45) is 5.92 Å². The van der Waals surface area contributed by atoms with Gasteiger partial charge < -0.3 is 9.88 Å². The molecule has 3 atom stereocenters. The molecule has 2 fully saturated rings. The molecule has 1 heterocycles. The number of hydrogen-bond acceptors (Lipinski definition) is 4. The fourth-order valence-corrected chi connectivity index (χ4v) is 4.20. The van der Waals surface area contributed by atoms with Crippen LogP contribution in [0.5, 0.6) is 0 Å². The molecule has 1 N–H and O–H groups in total. The van der Waals surface area contributed by atoms with Crippen LogP contribution in [-0.2, 0) is 4.79 Å². The van der Waals surface area contributed by atoms with Crippen molar-refractivity contribution < 1.29 is 4.79 Å². The van der Waals surface area contributed by atoms with Crippen molar-refractivity contribution in [3.8, 4) is 0 Å². The molecular weight excluding hydrogens is 296 g/mol. The van der Waals surface area contributed by atoms with Gasteiger partial charge >= 0.3 is 0 Å². The lowest BCUT2D eigenvalue weighted by molar-refractivity contribution is -0.121. The minimum atomic E-state index is -0.129. The van der Waals surface area contributed by atoms with Crippen LogP contribution in [-0.4, -0.2) is 32.0 Å². The molecule has 6 heteroatoms. The summed E-state index contributed by atoms with van der Waals surface area (Å²) in [5.74, 6) is 1.68. The Balaban J connectivity index is 1.59. The molecule has 0 aliphatic heterocycles. The van der Waals surface area contributed by atoms with E-state index in [0.717, 1.165) is 17.4 Å². The van der Waals surface area contributed by atoms with Crippen molar-refractivity contribution >= 4 is 17.7 Å². The van der Waals surface area contributed by atoms with Crippen molar-refractivity contribution in [2.45, 2.75) is 81.8 Å². The van der Waals surface area contributed by atoms with Gasteiger partial charge in [0.1, 0.15) is 5.82 Å². The normalized spacial score (nSPS) is 26.7. The van der Waals surface area contributed by atoms with Crippen molar-refractivity contribution in [2.75, 3.05) is 0 Å². The second kappa shape index (κ2) is 6.60. The van der Waals surface area contributed by atoms with Crippen molar-refractivity contribution in [1.29, 1.82) is 0 Å². The highest BCUT2D eigenvalue weighted by Crippen LogP contribution is 2.39. The summed E-state index contributed by atoms with van der Waals surface area (Å²) in [6.45, 7) is 6.20. The Morgan fingerprint density at radius 2 is 2.00 bits per heavy atom. The zero-order valence-electron chi connectivity index (χ0n) is 13.7. The van der Waals surface area contributed by atoms with E-state index in [0.29, 0.717) is 18.0 Å². The largest absolute Gasteiger partial charge is 0.352 e. The Kier molecular flexibility index (Phi) is 4.76. The third-order valence-electron chi connectivity index (χ3n) is 4.84. The van der Waals surface area contributed by atoms with Gasteiger partial charge in [-0.2, -0.15) is 0 Å². The van der Waals surface area contributed by atoms with E-state index in [1.54, 1.807) is 0 Å². The van der Waals surface area contributed by atoms with Crippen LogP contribution in [0.25, 0.3) is 0 Å². The second-order valence-electron chi connectivity index (χ2n) is 6.77. The Morgan fingerprint density at radius 3 is 2.68 bits per heavy atom. The zero-order chi connectivity index (χ0) is 15.7. The number of carbonyl (C=O) groups excluding carboxylic acids is 1. The van der Waals surface area contributed by atoms with E-state index < -0.39 is 0 Å². The smallest absolute Gasteiger partial charge is 0.233 e. The maximum absolute atomic E-state index is 12.5. The van der Waals surface area contributed by atoms with Crippen molar-refractivity contribution in [1.82, 2.24) is 20.1 Å².